The maximum Gasteiger partial charge on any atom is 0.363 e. The largest absolute Gasteiger partial charge is 0.363 e. The van der Waals surface area contributed by atoms with E-state index in [1.807, 2.05) is 0 Å². The van der Waals surface area contributed by atoms with Crippen LogP contribution in [0.5, 0.6) is 0 Å². The third kappa shape index (κ3) is 4.04. The number of carbonyl (C=O) groups is 4. The Morgan fingerprint density at radius 3 is 2.33 bits per heavy atom. The van der Waals surface area contributed by atoms with Gasteiger partial charge in [-0.25, -0.2) is 13.2 Å². The topological polar surface area (TPSA) is 118 Å². The summed E-state index contributed by atoms with van der Waals surface area (Å²) in [6, 6.07) is 16.2. The fraction of sp³-hybridized carbons (Fsp3) is 0.120. The Bertz CT molecular complexity index is 1550. The van der Waals surface area contributed by atoms with E-state index in [2.05, 4.69) is 0 Å². The van der Waals surface area contributed by atoms with Crippen LogP contribution in [-0.2, 0) is 30.8 Å². The predicted octanol–water partition coefficient (Wildman–Crippen LogP) is 3.55. The summed E-state index contributed by atoms with van der Waals surface area (Å²) < 4.78 is 27.1. The molecular formula is C25H17ClN2O7S. The number of rotatable bonds is 4. The number of hydrogen-bond donors (Lipinski definition) is 0. The highest BCUT2D eigenvalue weighted by atomic mass is 35.5. The van der Waals surface area contributed by atoms with E-state index in [1.165, 1.54) is 41.3 Å². The third-order valence-corrected chi connectivity index (χ3v) is 7.93. The Hall–Kier alpha value is -4.02. The van der Waals surface area contributed by atoms with Gasteiger partial charge in [0.2, 0.25) is 9.84 Å². The van der Waals surface area contributed by atoms with Crippen molar-refractivity contribution in [3.05, 3.63) is 88.4 Å². The van der Waals surface area contributed by atoms with E-state index in [-0.39, 0.29) is 46.0 Å². The van der Waals surface area contributed by atoms with Crippen molar-refractivity contribution in [1.29, 1.82) is 0 Å². The molecule has 0 aromatic heterocycles. The molecule has 3 aromatic rings. The van der Waals surface area contributed by atoms with Crippen molar-refractivity contribution in [2.45, 2.75) is 29.2 Å². The molecule has 2 aliphatic rings. The third-order valence-electron chi connectivity index (χ3n) is 5.84. The first-order chi connectivity index (χ1) is 17.2. The Labute approximate surface area is 210 Å². The second-order valence-corrected chi connectivity index (χ2v) is 10.5. The molecule has 2 aliphatic heterocycles. The molecule has 0 radical (unpaired) electrons. The van der Waals surface area contributed by atoms with E-state index in [0.29, 0.717) is 15.6 Å². The van der Waals surface area contributed by atoms with Gasteiger partial charge in [-0.2, -0.15) is 0 Å². The molecule has 0 aliphatic carbocycles. The van der Waals surface area contributed by atoms with Gasteiger partial charge >= 0.3 is 5.97 Å². The molecule has 1 saturated heterocycles. The molecule has 0 bridgehead atoms. The van der Waals surface area contributed by atoms with Crippen molar-refractivity contribution in [2.24, 2.45) is 0 Å². The van der Waals surface area contributed by atoms with Crippen molar-refractivity contribution in [3.63, 3.8) is 0 Å². The maximum absolute atomic E-state index is 13.6. The van der Waals surface area contributed by atoms with Crippen LogP contribution in [0.2, 0.25) is 5.02 Å². The quantitative estimate of drug-likeness (QED) is 0.479. The van der Waals surface area contributed by atoms with E-state index >= 15 is 0 Å². The lowest BCUT2D eigenvalue weighted by molar-refractivity contribution is -0.172. The molecule has 1 fully saturated rings. The van der Waals surface area contributed by atoms with Gasteiger partial charge in [0.05, 0.1) is 33.2 Å². The van der Waals surface area contributed by atoms with Crippen molar-refractivity contribution < 1.29 is 32.4 Å². The van der Waals surface area contributed by atoms with E-state index in [4.69, 9.17) is 16.4 Å². The first-order valence-corrected chi connectivity index (χ1v) is 12.7. The Morgan fingerprint density at radius 1 is 0.889 bits per heavy atom. The molecule has 5 rings (SSSR count). The van der Waals surface area contributed by atoms with Crippen LogP contribution in [0.15, 0.2) is 76.5 Å². The summed E-state index contributed by atoms with van der Waals surface area (Å²) in [4.78, 5) is 56.0. The van der Waals surface area contributed by atoms with Crippen LogP contribution in [0.25, 0.3) is 0 Å². The Balaban J connectivity index is 1.64. The zero-order valence-corrected chi connectivity index (χ0v) is 20.1. The van der Waals surface area contributed by atoms with Gasteiger partial charge in [-0.15, -0.1) is 5.06 Å². The number of imide groups is 1. The van der Waals surface area contributed by atoms with Crippen LogP contribution < -0.4 is 4.90 Å². The van der Waals surface area contributed by atoms with Crippen molar-refractivity contribution in [1.82, 2.24) is 5.06 Å². The fourth-order valence-corrected chi connectivity index (χ4v) is 5.95. The number of fused-ring (bicyclic) bond motifs is 2. The van der Waals surface area contributed by atoms with Gasteiger partial charge in [0.15, 0.2) is 0 Å². The molecule has 0 N–H and O–H groups in total. The van der Waals surface area contributed by atoms with Crippen LogP contribution in [0.4, 0.5) is 5.69 Å². The number of carbonyl (C=O) groups excluding carboxylic acids is 4. The summed E-state index contributed by atoms with van der Waals surface area (Å²) in [6.45, 7) is -0.0438. The maximum atomic E-state index is 13.6. The predicted molar refractivity (Wildman–Crippen MR) is 127 cm³/mol. The van der Waals surface area contributed by atoms with Crippen LogP contribution in [0.1, 0.15) is 39.1 Å². The second kappa shape index (κ2) is 8.89. The molecule has 3 aromatic carbocycles. The highest BCUT2D eigenvalue weighted by Crippen LogP contribution is 2.38. The summed E-state index contributed by atoms with van der Waals surface area (Å²) >= 11 is 6.11. The van der Waals surface area contributed by atoms with E-state index in [9.17, 15) is 27.6 Å². The lowest BCUT2D eigenvalue weighted by atomic mass is 10.1. The number of sulfone groups is 1. The minimum Gasteiger partial charge on any atom is -0.325 e. The van der Waals surface area contributed by atoms with Crippen molar-refractivity contribution in [2.75, 3.05) is 4.90 Å². The van der Waals surface area contributed by atoms with E-state index < -0.39 is 33.5 Å². The summed E-state index contributed by atoms with van der Waals surface area (Å²) in [7, 11) is -4.15. The van der Waals surface area contributed by atoms with Crippen molar-refractivity contribution in [3.8, 4) is 0 Å². The number of anilines is 1. The molecule has 182 valence electrons. The summed E-state index contributed by atoms with van der Waals surface area (Å²) in [5.74, 6) is -2.95. The molecule has 36 heavy (non-hydrogen) atoms. The minimum absolute atomic E-state index is 0.0203. The van der Waals surface area contributed by atoms with Crippen molar-refractivity contribution >= 4 is 50.8 Å². The SMILES string of the molecule is O=C(ON1C(=O)CCC1=O)c1ccc2c(c1)N(Cc1cccc(Cl)c1)C(=O)c1ccccc1S2(=O)=O. The lowest BCUT2D eigenvalue weighted by Gasteiger charge is -2.23. The normalized spacial score (nSPS) is 16.4. The first kappa shape index (κ1) is 23.7. The number of amides is 3. The summed E-state index contributed by atoms with van der Waals surface area (Å²) in [6.07, 6.45) is -0.149. The Morgan fingerprint density at radius 2 is 1.61 bits per heavy atom. The molecule has 0 unspecified atom stereocenters. The van der Waals surface area contributed by atoms with Crippen LogP contribution in [-0.4, -0.2) is 37.2 Å². The standard InChI is InChI=1S/C25H17ClN2O7S/c26-17-5-3-4-15(12-17)14-27-19-13-16(25(32)35-28-22(29)10-11-23(28)30)8-9-21(19)36(33,34)20-7-2-1-6-18(20)24(27)31/h1-9,12-13H,10-11,14H2. The number of benzene rings is 3. The number of hydrogen-bond acceptors (Lipinski definition) is 7. The fourth-order valence-electron chi connectivity index (χ4n) is 4.10. The Kier molecular flexibility index (Phi) is 5.85. The molecule has 0 saturated carbocycles. The second-order valence-electron chi connectivity index (χ2n) is 8.16. The molecule has 9 nitrogen and oxygen atoms in total. The van der Waals surface area contributed by atoms with Gasteiger partial charge in [-0.05, 0) is 48.0 Å². The monoisotopic (exact) mass is 524 g/mol. The zero-order valence-electron chi connectivity index (χ0n) is 18.5. The van der Waals surface area contributed by atoms with E-state index in [0.717, 1.165) is 0 Å². The molecular weight excluding hydrogens is 508 g/mol. The lowest BCUT2D eigenvalue weighted by Crippen LogP contribution is -2.32. The van der Waals surface area contributed by atoms with Gasteiger partial charge in [0, 0.05) is 17.9 Å². The van der Waals surface area contributed by atoms with E-state index in [1.54, 1.807) is 30.3 Å². The number of halogens is 1. The molecule has 0 atom stereocenters. The van der Waals surface area contributed by atoms with Gasteiger partial charge in [0.25, 0.3) is 17.7 Å². The average molecular weight is 525 g/mol. The molecule has 2 heterocycles. The van der Waals surface area contributed by atoms with Crippen LogP contribution >= 0.6 is 11.6 Å². The summed E-state index contributed by atoms with van der Waals surface area (Å²) in [5, 5.41) is 0.829. The zero-order chi connectivity index (χ0) is 25.6. The van der Waals surface area contributed by atoms with Crippen LogP contribution in [0.3, 0.4) is 0 Å². The number of nitrogens with zero attached hydrogens (tertiary/aromatic N) is 2. The number of hydroxylamine groups is 2. The average Bonchev–Trinajstić information content (AvgIpc) is 3.15. The molecule has 11 heteroatoms. The van der Waals surface area contributed by atoms with Gasteiger partial charge < -0.3 is 9.74 Å². The highest BCUT2D eigenvalue weighted by Gasteiger charge is 2.37. The smallest absolute Gasteiger partial charge is 0.325 e. The first-order valence-electron chi connectivity index (χ1n) is 10.8. The van der Waals surface area contributed by atoms with Gasteiger partial charge in [-0.3, -0.25) is 14.4 Å². The molecule has 3 amide bonds. The summed E-state index contributed by atoms with van der Waals surface area (Å²) in [5.41, 5.74) is 0.406. The van der Waals surface area contributed by atoms with Crippen LogP contribution in [0, 0.1) is 0 Å². The minimum atomic E-state index is -4.15. The van der Waals surface area contributed by atoms with Gasteiger partial charge in [-0.1, -0.05) is 35.9 Å². The highest BCUT2D eigenvalue weighted by molar-refractivity contribution is 7.91. The molecule has 0 spiro atoms. The van der Waals surface area contributed by atoms with Gasteiger partial charge in [0.1, 0.15) is 0 Å².